The number of rotatable bonds is 7. The molecule has 1 saturated heterocycles. The molecule has 1 unspecified atom stereocenters. The van der Waals surface area contributed by atoms with E-state index in [4.69, 9.17) is 11.6 Å². The van der Waals surface area contributed by atoms with E-state index in [1.807, 2.05) is 35.7 Å². The number of thiazole rings is 1. The number of halogens is 1. The van der Waals surface area contributed by atoms with Crippen molar-refractivity contribution >= 4 is 55.3 Å². The molecule has 0 spiro atoms. The van der Waals surface area contributed by atoms with E-state index in [2.05, 4.69) is 34.6 Å². The molecule has 2 aromatic heterocycles. The summed E-state index contributed by atoms with van der Waals surface area (Å²) in [6, 6.07) is 20.8. The summed E-state index contributed by atoms with van der Waals surface area (Å²) in [7, 11) is -3.78. The van der Waals surface area contributed by atoms with Crippen LogP contribution in [0.3, 0.4) is 0 Å². The number of hydrogen-bond donors (Lipinski definition) is 1. The summed E-state index contributed by atoms with van der Waals surface area (Å²) in [6.07, 6.45) is 1.94. The smallest absolute Gasteiger partial charge is 0.253 e. The van der Waals surface area contributed by atoms with Crippen molar-refractivity contribution in [3.8, 4) is 11.3 Å². The van der Waals surface area contributed by atoms with E-state index in [-0.39, 0.29) is 10.1 Å². The van der Waals surface area contributed by atoms with E-state index in [1.54, 1.807) is 6.07 Å². The fourth-order valence-corrected chi connectivity index (χ4v) is 8.11. The van der Waals surface area contributed by atoms with Gasteiger partial charge in [-0.3, -0.25) is 4.79 Å². The predicted octanol–water partition coefficient (Wildman–Crippen LogP) is 5.91. The summed E-state index contributed by atoms with van der Waals surface area (Å²) in [6.45, 7) is 0.300. The number of benzene rings is 2. The van der Waals surface area contributed by atoms with Crippen molar-refractivity contribution in [3.05, 3.63) is 87.6 Å². The molecule has 35 heavy (non-hydrogen) atoms. The molecule has 180 valence electrons. The quantitative estimate of drug-likeness (QED) is 0.314. The molecule has 5 rings (SSSR count). The highest BCUT2D eigenvalue weighted by Crippen LogP contribution is 2.33. The second kappa shape index (κ2) is 10.2. The number of carbonyl (C=O) groups is 1. The summed E-state index contributed by atoms with van der Waals surface area (Å²) in [5.41, 5.74) is 4.18. The monoisotopic (exact) mass is 543 g/mol. The van der Waals surface area contributed by atoms with Gasteiger partial charge in [-0.2, -0.15) is 4.31 Å². The topological polar surface area (TPSA) is 79.4 Å². The molecule has 1 aliphatic rings. The van der Waals surface area contributed by atoms with Crippen LogP contribution in [0.1, 0.15) is 24.0 Å². The highest BCUT2D eigenvalue weighted by molar-refractivity contribution is 7.91. The molecule has 0 bridgehead atoms. The van der Waals surface area contributed by atoms with E-state index >= 15 is 0 Å². The van der Waals surface area contributed by atoms with Gasteiger partial charge in [-0.05, 0) is 42.5 Å². The summed E-state index contributed by atoms with van der Waals surface area (Å²) in [5.74, 6) is -0.368. The average molecular weight is 544 g/mol. The third-order valence-electron chi connectivity index (χ3n) is 5.85. The van der Waals surface area contributed by atoms with Crippen LogP contribution in [0.4, 0.5) is 5.13 Å². The van der Waals surface area contributed by atoms with Gasteiger partial charge in [-0.25, -0.2) is 13.4 Å². The first-order valence-corrected chi connectivity index (χ1v) is 14.6. The van der Waals surface area contributed by atoms with Gasteiger partial charge >= 0.3 is 0 Å². The van der Waals surface area contributed by atoms with Crippen molar-refractivity contribution in [2.45, 2.75) is 29.5 Å². The molecular weight excluding hydrogens is 522 g/mol. The number of aromatic nitrogens is 1. The molecule has 10 heteroatoms. The molecule has 0 saturated carbocycles. The summed E-state index contributed by atoms with van der Waals surface area (Å²) in [5, 5.41) is 5.15. The van der Waals surface area contributed by atoms with Crippen molar-refractivity contribution in [1.82, 2.24) is 9.29 Å². The Morgan fingerprint density at radius 2 is 1.80 bits per heavy atom. The highest BCUT2D eigenvalue weighted by Gasteiger charge is 2.40. The van der Waals surface area contributed by atoms with E-state index in [9.17, 15) is 13.2 Å². The highest BCUT2D eigenvalue weighted by atomic mass is 35.5. The molecule has 6 nitrogen and oxygen atoms in total. The van der Waals surface area contributed by atoms with Crippen molar-refractivity contribution in [2.75, 3.05) is 11.9 Å². The Labute approximate surface area is 217 Å². The van der Waals surface area contributed by atoms with Gasteiger partial charge in [0, 0.05) is 17.5 Å². The summed E-state index contributed by atoms with van der Waals surface area (Å²) < 4.78 is 27.9. The molecule has 1 aliphatic heterocycles. The minimum atomic E-state index is -3.78. The molecular formula is C25H22ClN3O3S3. The zero-order valence-corrected chi connectivity index (χ0v) is 21.8. The fraction of sp³-hybridized carbons (Fsp3) is 0.200. The van der Waals surface area contributed by atoms with Crippen molar-refractivity contribution < 1.29 is 13.2 Å². The number of amides is 1. The molecule has 1 amide bonds. The van der Waals surface area contributed by atoms with E-state index in [1.165, 1.54) is 32.8 Å². The Bertz CT molecular complexity index is 1430. The lowest BCUT2D eigenvalue weighted by Gasteiger charge is -2.22. The Hall–Kier alpha value is -2.56. The summed E-state index contributed by atoms with van der Waals surface area (Å²) >= 11 is 8.24. The van der Waals surface area contributed by atoms with E-state index in [0.29, 0.717) is 28.9 Å². The van der Waals surface area contributed by atoms with E-state index < -0.39 is 16.1 Å². The maximum absolute atomic E-state index is 13.0. The maximum atomic E-state index is 13.0. The lowest BCUT2D eigenvalue weighted by molar-refractivity contribution is -0.119. The minimum Gasteiger partial charge on any atom is -0.301 e. The molecule has 4 aromatic rings. The van der Waals surface area contributed by atoms with Crippen LogP contribution in [0, 0.1) is 0 Å². The number of nitrogens with one attached hydrogen (secondary N) is 1. The zero-order chi connectivity index (χ0) is 24.4. The van der Waals surface area contributed by atoms with Crippen molar-refractivity contribution in [3.63, 3.8) is 0 Å². The largest absolute Gasteiger partial charge is 0.301 e. The first-order valence-electron chi connectivity index (χ1n) is 11.1. The van der Waals surface area contributed by atoms with E-state index in [0.717, 1.165) is 29.0 Å². The molecule has 1 N–H and O–H groups in total. The molecule has 3 heterocycles. The zero-order valence-electron chi connectivity index (χ0n) is 18.6. The minimum absolute atomic E-state index is 0.148. The van der Waals surface area contributed by atoms with Gasteiger partial charge in [-0.15, -0.1) is 22.7 Å². The van der Waals surface area contributed by atoms with Crippen LogP contribution in [0.5, 0.6) is 0 Å². The van der Waals surface area contributed by atoms with Gasteiger partial charge in [0.2, 0.25) is 5.91 Å². The lowest BCUT2D eigenvalue weighted by atomic mass is 10.0. The standard InChI is InChI=1S/C25H22ClN3O3S3/c26-22-12-13-23(34-22)35(31,32)29-14-4-7-21(29)24(30)28-25-27-20(16-33-25)19-10-8-18(9-11-19)15-17-5-2-1-3-6-17/h1-3,5-6,8-13,16,21H,4,7,14-15H2,(H,27,28,30). The predicted molar refractivity (Wildman–Crippen MR) is 142 cm³/mol. The Morgan fingerprint density at radius 1 is 1.06 bits per heavy atom. The van der Waals surface area contributed by atoms with Crippen LogP contribution in [-0.2, 0) is 21.2 Å². The van der Waals surface area contributed by atoms with Gasteiger partial charge < -0.3 is 5.32 Å². The van der Waals surface area contributed by atoms with Crippen molar-refractivity contribution in [1.29, 1.82) is 0 Å². The van der Waals surface area contributed by atoms with Gasteiger partial charge in [0.15, 0.2) is 5.13 Å². The van der Waals surface area contributed by atoms with Crippen LogP contribution in [0.2, 0.25) is 4.34 Å². The lowest BCUT2D eigenvalue weighted by Crippen LogP contribution is -2.42. The Balaban J connectivity index is 1.26. The second-order valence-electron chi connectivity index (χ2n) is 8.22. The molecule has 1 atom stereocenters. The van der Waals surface area contributed by atoms with Gasteiger partial charge in [0.05, 0.1) is 10.0 Å². The van der Waals surface area contributed by atoms with Crippen LogP contribution < -0.4 is 5.32 Å². The van der Waals surface area contributed by atoms with Crippen LogP contribution in [0.25, 0.3) is 11.3 Å². The van der Waals surface area contributed by atoms with Crippen LogP contribution >= 0.6 is 34.3 Å². The van der Waals surface area contributed by atoms with Gasteiger partial charge in [-0.1, -0.05) is 66.2 Å². The number of nitrogens with zero attached hydrogens (tertiary/aromatic N) is 2. The molecule has 0 radical (unpaired) electrons. The number of anilines is 1. The number of sulfonamides is 1. The average Bonchev–Trinajstić information content (AvgIpc) is 3.61. The maximum Gasteiger partial charge on any atom is 0.253 e. The van der Waals surface area contributed by atoms with Crippen LogP contribution in [0.15, 0.2) is 76.3 Å². The normalized spacial score (nSPS) is 16.4. The number of thiophene rings is 1. The third kappa shape index (κ3) is 5.34. The van der Waals surface area contributed by atoms with Crippen molar-refractivity contribution in [2.24, 2.45) is 0 Å². The van der Waals surface area contributed by atoms with Gasteiger partial charge in [0.1, 0.15) is 10.3 Å². The molecule has 1 fully saturated rings. The Kier molecular flexibility index (Phi) is 7.04. The molecule has 2 aromatic carbocycles. The SMILES string of the molecule is O=C(Nc1nc(-c2ccc(Cc3ccccc3)cc2)cs1)C1CCCN1S(=O)(=O)c1ccc(Cl)s1. The first-order chi connectivity index (χ1) is 16.9. The van der Waals surface area contributed by atoms with Gasteiger partial charge in [0.25, 0.3) is 10.0 Å². The fourth-order valence-electron chi connectivity index (χ4n) is 4.12. The number of hydrogen-bond acceptors (Lipinski definition) is 6. The number of carbonyl (C=O) groups excluding carboxylic acids is 1. The second-order valence-corrected chi connectivity index (χ2v) is 12.9. The molecule has 0 aliphatic carbocycles. The first kappa shape index (κ1) is 24.1. The summed E-state index contributed by atoms with van der Waals surface area (Å²) in [4.78, 5) is 17.6. The van der Waals surface area contributed by atoms with Crippen LogP contribution in [-0.4, -0.2) is 36.2 Å². The third-order valence-corrected chi connectivity index (χ3v) is 10.2. The Morgan fingerprint density at radius 3 is 2.51 bits per heavy atom.